The van der Waals surface area contributed by atoms with Crippen LogP contribution in [0.2, 0.25) is 5.02 Å². The van der Waals surface area contributed by atoms with Crippen LogP contribution in [0.3, 0.4) is 0 Å². The number of benzene rings is 1. The Balaban J connectivity index is 2.22. The minimum Gasteiger partial charge on any atom is -0.368 e. The van der Waals surface area contributed by atoms with Gasteiger partial charge in [-0.05, 0) is 45.1 Å². The lowest BCUT2D eigenvalue weighted by Gasteiger charge is -2.23. The predicted octanol–water partition coefficient (Wildman–Crippen LogP) is 2.93. The van der Waals surface area contributed by atoms with Crippen LogP contribution in [0.1, 0.15) is 24.2 Å². The lowest BCUT2D eigenvalue weighted by atomic mass is 10.1. The molecule has 1 aromatic carbocycles. The number of rotatable bonds is 3. The maximum atomic E-state index is 11.3. The second-order valence-corrected chi connectivity index (χ2v) is 6.04. The van der Waals surface area contributed by atoms with Crippen molar-refractivity contribution in [2.24, 2.45) is 5.92 Å². The van der Waals surface area contributed by atoms with Gasteiger partial charge in [0.05, 0.1) is 10.7 Å². The summed E-state index contributed by atoms with van der Waals surface area (Å²) in [7, 11) is 4.23. The molecular formula is C15H21ClN2O. The van der Waals surface area contributed by atoms with Gasteiger partial charge >= 0.3 is 0 Å². The van der Waals surface area contributed by atoms with Crippen LogP contribution in [0, 0.1) is 5.92 Å². The predicted molar refractivity (Wildman–Crippen MR) is 80.3 cm³/mol. The highest BCUT2D eigenvalue weighted by molar-refractivity contribution is 6.33. The summed E-state index contributed by atoms with van der Waals surface area (Å²) >= 11 is 6.32. The van der Waals surface area contributed by atoms with Crippen LogP contribution in [0.15, 0.2) is 18.2 Å². The zero-order valence-corrected chi connectivity index (χ0v) is 12.7. The average molecular weight is 281 g/mol. The first-order valence-corrected chi connectivity index (χ1v) is 6.99. The molecule has 0 bridgehead atoms. The second kappa shape index (κ2) is 5.51. The highest BCUT2D eigenvalue weighted by Gasteiger charge is 2.31. The van der Waals surface area contributed by atoms with Crippen LogP contribution in [0.4, 0.5) is 5.69 Å². The third-order valence-corrected chi connectivity index (χ3v) is 4.23. The molecule has 1 aliphatic heterocycles. The van der Waals surface area contributed by atoms with Gasteiger partial charge in [-0.3, -0.25) is 4.79 Å². The van der Waals surface area contributed by atoms with Crippen molar-refractivity contribution >= 4 is 23.1 Å². The zero-order valence-electron chi connectivity index (χ0n) is 12.0. The molecule has 0 aromatic heterocycles. The number of Topliss-reactive ketones (excluding diaryl/α,β-unsaturated/α-hetero) is 1. The van der Waals surface area contributed by atoms with E-state index < -0.39 is 0 Å². The van der Waals surface area contributed by atoms with E-state index in [1.54, 1.807) is 13.0 Å². The van der Waals surface area contributed by atoms with Crippen molar-refractivity contribution < 1.29 is 4.79 Å². The Morgan fingerprint density at radius 3 is 2.53 bits per heavy atom. The van der Waals surface area contributed by atoms with Crippen molar-refractivity contribution in [1.29, 1.82) is 0 Å². The molecule has 104 valence electrons. The summed E-state index contributed by atoms with van der Waals surface area (Å²) in [5.74, 6) is 0.660. The zero-order chi connectivity index (χ0) is 14.2. The molecular weight excluding hydrogens is 260 g/mol. The molecule has 4 heteroatoms. The van der Waals surface area contributed by atoms with Crippen molar-refractivity contribution in [3.8, 4) is 0 Å². The molecule has 1 aliphatic rings. The van der Waals surface area contributed by atoms with Gasteiger partial charge in [0.1, 0.15) is 0 Å². The molecule has 2 unspecified atom stereocenters. The number of likely N-dealkylation sites (N-methyl/N-ethyl adjacent to an activating group) is 1. The van der Waals surface area contributed by atoms with Gasteiger partial charge in [-0.1, -0.05) is 18.5 Å². The monoisotopic (exact) mass is 280 g/mol. The van der Waals surface area contributed by atoms with Crippen molar-refractivity contribution in [3.63, 3.8) is 0 Å². The summed E-state index contributed by atoms with van der Waals surface area (Å²) in [5.41, 5.74) is 1.70. The summed E-state index contributed by atoms with van der Waals surface area (Å²) in [6.45, 7) is 5.81. The largest absolute Gasteiger partial charge is 0.368 e. The first kappa shape index (κ1) is 14.4. The third-order valence-electron chi connectivity index (χ3n) is 3.93. The lowest BCUT2D eigenvalue weighted by molar-refractivity contribution is 0.101. The average Bonchev–Trinajstić information content (AvgIpc) is 2.71. The molecule has 0 N–H and O–H groups in total. The highest BCUT2D eigenvalue weighted by atomic mass is 35.5. The summed E-state index contributed by atoms with van der Waals surface area (Å²) in [6, 6.07) is 6.14. The molecule has 0 saturated carbocycles. The minimum absolute atomic E-state index is 0.0504. The molecule has 0 radical (unpaired) electrons. The van der Waals surface area contributed by atoms with Gasteiger partial charge in [0.2, 0.25) is 0 Å². The molecule has 1 aromatic rings. The van der Waals surface area contributed by atoms with E-state index in [4.69, 9.17) is 11.6 Å². The molecule has 1 heterocycles. The molecule has 0 aliphatic carbocycles. The maximum Gasteiger partial charge on any atom is 0.159 e. The van der Waals surface area contributed by atoms with E-state index in [2.05, 4.69) is 30.8 Å². The number of hydrogen-bond donors (Lipinski definition) is 0. The van der Waals surface area contributed by atoms with Crippen LogP contribution in [-0.4, -0.2) is 43.9 Å². The Hall–Kier alpha value is -1.06. The Morgan fingerprint density at radius 1 is 1.37 bits per heavy atom. The van der Waals surface area contributed by atoms with Crippen LogP contribution in [-0.2, 0) is 0 Å². The lowest BCUT2D eigenvalue weighted by Crippen LogP contribution is -2.34. The Labute approximate surface area is 120 Å². The first-order chi connectivity index (χ1) is 8.90. The number of carbonyl (C=O) groups is 1. The Bertz CT molecular complexity index is 487. The van der Waals surface area contributed by atoms with Crippen LogP contribution in [0.5, 0.6) is 0 Å². The normalized spacial score (nSPS) is 23.2. The van der Waals surface area contributed by atoms with Crippen molar-refractivity contribution in [2.45, 2.75) is 19.9 Å². The smallest absolute Gasteiger partial charge is 0.159 e. The van der Waals surface area contributed by atoms with Gasteiger partial charge in [-0.2, -0.15) is 0 Å². The van der Waals surface area contributed by atoms with E-state index in [0.29, 0.717) is 22.5 Å². The quantitative estimate of drug-likeness (QED) is 0.796. The fraction of sp³-hybridized carbons (Fsp3) is 0.533. The summed E-state index contributed by atoms with van der Waals surface area (Å²) in [5, 5.41) is 0.666. The molecule has 19 heavy (non-hydrogen) atoms. The number of anilines is 1. The van der Waals surface area contributed by atoms with E-state index in [0.717, 1.165) is 18.8 Å². The van der Waals surface area contributed by atoms with Gasteiger partial charge < -0.3 is 9.80 Å². The molecule has 3 nitrogen and oxygen atoms in total. The molecule has 0 spiro atoms. The first-order valence-electron chi connectivity index (χ1n) is 6.62. The second-order valence-electron chi connectivity index (χ2n) is 5.64. The highest BCUT2D eigenvalue weighted by Crippen LogP contribution is 2.32. The van der Waals surface area contributed by atoms with Gasteiger partial charge in [0, 0.05) is 24.7 Å². The van der Waals surface area contributed by atoms with Gasteiger partial charge in [-0.25, -0.2) is 0 Å². The van der Waals surface area contributed by atoms with Crippen LogP contribution < -0.4 is 4.90 Å². The third kappa shape index (κ3) is 2.93. The van der Waals surface area contributed by atoms with Crippen molar-refractivity contribution in [2.75, 3.05) is 32.1 Å². The maximum absolute atomic E-state index is 11.3. The standard InChI is InChI=1S/C15H21ClN2O/c1-10-8-18(9-15(10)17(3)4)14-6-5-12(11(2)19)7-13(14)16/h5-7,10,15H,8-9H2,1-4H3. The van der Waals surface area contributed by atoms with E-state index in [-0.39, 0.29) is 5.78 Å². The minimum atomic E-state index is 0.0504. The van der Waals surface area contributed by atoms with E-state index in [1.807, 2.05) is 12.1 Å². The van der Waals surface area contributed by atoms with Crippen LogP contribution >= 0.6 is 11.6 Å². The fourth-order valence-corrected chi connectivity index (χ4v) is 3.10. The number of carbonyl (C=O) groups excluding carboxylic acids is 1. The van der Waals surface area contributed by atoms with Gasteiger partial charge in [0.15, 0.2) is 5.78 Å². The van der Waals surface area contributed by atoms with Gasteiger partial charge in [0.25, 0.3) is 0 Å². The van der Waals surface area contributed by atoms with Gasteiger partial charge in [-0.15, -0.1) is 0 Å². The van der Waals surface area contributed by atoms with E-state index in [1.165, 1.54) is 0 Å². The molecule has 0 amide bonds. The number of ketones is 1. The van der Waals surface area contributed by atoms with Crippen LogP contribution in [0.25, 0.3) is 0 Å². The molecule has 1 fully saturated rings. The SMILES string of the molecule is CC(=O)c1ccc(N2CC(C)C(N(C)C)C2)c(Cl)c1. The Kier molecular flexibility index (Phi) is 4.16. The summed E-state index contributed by atoms with van der Waals surface area (Å²) in [6.07, 6.45) is 0. The molecule has 2 atom stereocenters. The van der Waals surface area contributed by atoms with E-state index in [9.17, 15) is 4.79 Å². The fourth-order valence-electron chi connectivity index (χ4n) is 2.80. The summed E-state index contributed by atoms with van der Waals surface area (Å²) in [4.78, 5) is 15.9. The Morgan fingerprint density at radius 2 is 2.05 bits per heavy atom. The number of nitrogens with zero attached hydrogens (tertiary/aromatic N) is 2. The number of halogens is 1. The number of hydrogen-bond acceptors (Lipinski definition) is 3. The van der Waals surface area contributed by atoms with E-state index >= 15 is 0 Å². The molecule has 2 rings (SSSR count). The van der Waals surface area contributed by atoms with Crippen molar-refractivity contribution in [3.05, 3.63) is 28.8 Å². The topological polar surface area (TPSA) is 23.6 Å². The summed E-state index contributed by atoms with van der Waals surface area (Å²) < 4.78 is 0. The van der Waals surface area contributed by atoms with Crippen molar-refractivity contribution in [1.82, 2.24) is 4.90 Å². The molecule has 1 saturated heterocycles.